The Bertz CT molecular complexity index is 2710. The minimum Gasteiger partial charge on any atom is -0.489 e. The molecule has 3 unspecified atom stereocenters. The summed E-state index contributed by atoms with van der Waals surface area (Å²) in [5.41, 5.74) is 3.93. The number of benzene rings is 3. The first-order chi connectivity index (χ1) is 34.3. The Labute approximate surface area is 424 Å². The Morgan fingerprint density at radius 1 is 0.873 bits per heavy atom. The van der Waals surface area contributed by atoms with Crippen LogP contribution in [0.2, 0.25) is 5.02 Å². The summed E-state index contributed by atoms with van der Waals surface area (Å²) in [4.78, 5) is 78.8. The minimum absolute atomic E-state index is 0.0480. The summed E-state index contributed by atoms with van der Waals surface area (Å²) < 4.78 is 11.7. The van der Waals surface area contributed by atoms with Gasteiger partial charge in [0.15, 0.2) is 5.75 Å². The average molecular weight is 1000 g/mol. The number of likely N-dealkylation sites (tertiary alicyclic amines) is 1. The zero-order chi connectivity index (χ0) is 49.8. The first kappa shape index (κ1) is 49.9. The number of carbonyl (C=O) groups excluding carboxylic acids is 5. The third kappa shape index (κ3) is 11.1. The molecular weight excluding hydrogens is 944 g/mol. The first-order valence-corrected chi connectivity index (χ1v) is 25.8. The molecule has 15 nitrogen and oxygen atoms in total. The number of alkyl halides is 1. The van der Waals surface area contributed by atoms with Crippen LogP contribution in [0, 0.1) is 29.1 Å². The van der Waals surface area contributed by atoms with E-state index in [1.807, 2.05) is 36.4 Å². The van der Waals surface area contributed by atoms with Crippen LogP contribution in [0.1, 0.15) is 128 Å². The lowest BCUT2D eigenvalue weighted by atomic mass is 9.77. The monoisotopic (exact) mass is 1000 g/mol. The number of ether oxygens (including phenoxy) is 2. The molecule has 1 saturated carbocycles. The van der Waals surface area contributed by atoms with Crippen LogP contribution < -0.4 is 25.0 Å². The van der Waals surface area contributed by atoms with Crippen molar-refractivity contribution in [3.63, 3.8) is 0 Å². The lowest BCUT2D eigenvalue weighted by Gasteiger charge is -2.42. The van der Waals surface area contributed by atoms with Crippen molar-refractivity contribution in [2.75, 3.05) is 48.9 Å². The molecule has 0 spiro atoms. The van der Waals surface area contributed by atoms with Crippen molar-refractivity contribution in [2.45, 2.75) is 109 Å². The molecule has 4 aliphatic heterocycles. The molecule has 0 bridgehead atoms. The van der Waals surface area contributed by atoms with Gasteiger partial charge in [-0.15, -0.1) is 11.6 Å². The number of piperidine rings is 2. The zero-order valence-corrected chi connectivity index (χ0v) is 41.8. The largest absolute Gasteiger partial charge is 0.489 e. The Morgan fingerprint density at radius 3 is 2.38 bits per heavy atom. The van der Waals surface area contributed by atoms with Gasteiger partial charge >= 0.3 is 0 Å². The van der Waals surface area contributed by atoms with Crippen LogP contribution in [0.5, 0.6) is 11.5 Å². The van der Waals surface area contributed by atoms with Gasteiger partial charge in [0.2, 0.25) is 23.7 Å². The average Bonchev–Trinajstić information content (AvgIpc) is 3.46. The van der Waals surface area contributed by atoms with Gasteiger partial charge in [-0.2, -0.15) is 5.26 Å². The molecule has 9 rings (SSSR count). The molecule has 5 amide bonds. The summed E-state index contributed by atoms with van der Waals surface area (Å²) in [5, 5.41) is 15.4. The van der Waals surface area contributed by atoms with E-state index in [1.165, 1.54) is 38.5 Å². The summed E-state index contributed by atoms with van der Waals surface area (Å²) in [6, 6.07) is 20.3. The maximum atomic E-state index is 13.5. The molecule has 5 heterocycles. The number of imide groups is 2. The summed E-state index contributed by atoms with van der Waals surface area (Å²) in [6.07, 6.45) is 11.9. The van der Waals surface area contributed by atoms with E-state index >= 15 is 0 Å². The number of halogens is 2. The van der Waals surface area contributed by atoms with E-state index in [9.17, 15) is 29.2 Å². The van der Waals surface area contributed by atoms with Crippen molar-refractivity contribution in [3.8, 4) is 17.6 Å². The fourth-order valence-corrected chi connectivity index (χ4v) is 11.3. The van der Waals surface area contributed by atoms with E-state index in [1.54, 1.807) is 30.5 Å². The van der Waals surface area contributed by atoms with Gasteiger partial charge in [0.05, 0.1) is 33.3 Å². The molecule has 4 aromatic rings. The number of nitrogens with zero attached hydrogens (tertiary/aromatic N) is 6. The van der Waals surface area contributed by atoms with Crippen LogP contribution in [0.3, 0.4) is 0 Å². The normalized spacial score (nSPS) is 21.3. The Hall–Kier alpha value is -6.08. The smallest absolute Gasteiger partial charge is 0.262 e. The highest BCUT2D eigenvalue weighted by atomic mass is 35.5. The molecule has 3 saturated heterocycles. The topological polar surface area (TPSA) is 187 Å². The number of nitrogens with one attached hydrogen (secondary N) is 2. The Morgan fingerprint density at radius 2 is 1.63 bits per heavy atom. The van der Waals surface area contributed by atoms with Gasteiger partial charge in [0.1, 0.15) is 31.1 Å². The molecule has 5 aliphatic rings. The Kier molecular flexibility index (Phi) is 15.3. The van der Waals surface area contributed by atoms with Gasteiger partial charge in [0.25, 0.3) is 11.8 Å². The molecule has 1 aliphatic carbocycles. The maximum Gasteiger partial charge on any atom is 0.262 e. The lowest BCUT2D eigenvalue weighted by Crippen LogP contribution is -2.54. The molecular formula is C54H60Cl2N8O7. The summed E-state index contributed by atoms with van der Waals surface area (Å²) in [7, 11) is 0. The van der Waals surface area contributed by atoms with Gasteiger partial charge < -0.3 is 19.3 Å². The quantitative estimate of drug-likeness (QED) is 0.0621. The van der Waals surface area contributed by atoms with E-state index in [4.69, 9.17) is 32.7 Å². The minimum atomic E-state index is -0.968. The van der Waals surface area contributed by atoms with Crippen molar-refractivity contribution in [1.82, 2.24) is 25.1 Å². The summed E-state index contributed by atoms with van der Waals surface area (Å²) >= 11 is 12.3. The van der Waals surface area contributed by atoms with Crippen molar-refractivity contribution in [3.05, 3.63) is 105 Å². The molecule has 3 atom stereocenters. The highest BCUT2D eigenvalue weighted by molar-refractivity contribution is 6.32. The van der Waals surface area contributed by atoms with Crippen LogP contribution >= 0.6 is 23.2 Å². The van der Waals surface area contributed by atoms with Crippen molar-refractivity contribution < 1.29 is 33.4 Å². The molecule has 17 heteroatoms. The van der Waals surface area contributed by atoms with E-state index < -0.39 is 29.2 Å². The summed E-state index contributed by atoms with van der Waals surface area (Å²) in [6.45, 7) is 8.20. The van der Waals surface area contributed by atoms with E-state index in [0.29, 0.717) is 56.8 Å². The maximum absolute atomic E-state index is 13.5. The predicted molar refractivity (Wildman–Crippen MR) is 269 cm³/mol. The fourth-order valence-electron chi connectivity index (χ4n) is 11.0. The molecule has 3 aromatic carbocycles. The lowest BCUT2D eigenvalue weighted by molar-refractivity contribution is -0.136. The highest BCUT2D eigenvalue weighted by Gasteiger charge is 2.45. The standard InChI is InChI=1S/C54H60Cl2N8O7/c1-54(2,38-26-36(29-57)48(45(56)27-38)70-25-21-55)37-9-13-42(14-10-37)71-32-39-18-22-58-53(59-39)61-49(66)35-19-23-62(24-20-35)40-5-3-4-33(8-11-40)6-7-34-30-63(31-34)41-12-15-43-44(28-41)52(69)64(51(43)68)46-16-17-47(65)60-50(46)67/h9-10,12-15,18,22,26-28,33-35,40,46H,3-8,11,16-17,19-21,23-25,30-32H2,1-2H3,(H,60,65,67)(H,58,59,61,66). The molecule has 1 aromatic heterocycles. The number of amides is 5. The second kappa shape index (κ2) is 21.7. The number of nitriles is 1. The van der Waals surface area contributed by atoms with Crippen LogP contribution in [0.25, 0.3) is 0 Å². The second-order valence-corrected chi connectivity index (χ2v) is 20.9. The van der Waals surface area contributed by atoms with E-state index in [0.717, 1.165) is 67.2 Å². The van der Waals surface area contributed by atoms with E-state index in [-0.39, 0.29) is 55.6 Å². The first-order valence-electron chi connectivity index (χ1n) is 24.9. The fraction of sp³-hybridized carbons (Fsp3) is 0.481. The molecule has 4 fully saturated rings. The van der Waals surface area contributed by atoms with E-state index in [2.05, 4.69) is 50.3 Å². The molecule has 372 valence electrons. The number of rotatable bonds is 16. The number of aromatic nitrogens is 2. The van der Waals surface area contributed by atoms with Crippen LogP contribution in [0.15, 0.2) is 66.9 Å². The number of fused-ring (bicyclic) bond motifs is 1. The third-order valence-corrected chi connectivity index (χ3v) is 15.8. The SMILES string of the molecule is CC(C)(c1ccc(OCc2ccnc(NC(=O)C3CCN(C4CCCC(CCC5CN(c6ccc7c(c6)C(=O)N(C6CCC(=O)NC6=O)C7=O)C5)CC4)CC3)n2)cc1)c1cc(Cl)c(OCCCl)c(C#N)c1. The highest BCUT2D eigenvalue weighted by Crippen LogP contribution is 2.40. The second-order valence-electron chi connectivity index (χ2n) is 20.1. The van der Waals surface area contributed by atoms with Crippen molar-refractivity contribution in [1.29, 1.82) is 5.26 Å². The van der Waals surface area contributed by atoms with Crippen LogP contribution in [0.4, 0.5) is 11.6 Å². The summed E-state index contributed by atoms with van der Waals surface area (Å²) in [5.74, 6) is 0.736. The number of anilines is 2. The third-order valence-electron chi connectivity index (χ3n) is 15.3. The van der Waals surface area contributed by atoms with Gasteiger partial charge in [-0.3, -0.25) is 39.5 Å². The molecule has 0 radical (unpaired) electrons. The number of carbonyl (C=O) groups is 5. The number of hydrogen-bond donors (Lipinski definition) is 2. The van der Waals surface area contributed by atoms with Crippen molar-refractivity contribution in [2.24, 2.45) is 17.8 Å². The zero-order valence-electron chi connectivity index (χ0n) is 40.3. The Balaban J connectivity index is 0.682. The van der Waals surface area contributed by atoms with Crippen LogP contribution in [-0.2, 0) is 26.4 Å². The van der Waals surface area contributed by atoms with Crippen LogP contribution in [-0.4, -0.2) is 100 Å². The predicted octanol–water partition coefficient (Wildman–Crippen LogP) is 8.44. The van der Waals surface area contributed by atoms with Gasteiger partial charge in [-0.25, -0.2) is 9.97 Å². The number of hydrogen-bond acceptors (Lipinski definition) is 12. The van der Waals surface area contributed by atoms with Crippen molar-refractivity contribution >= 4 is 64.4 Å². The van der Waals surface area contributed by atoms with Gasteiger partial charge in [0, 0.05) is 48.8 Å². The molecule has 71 heavy (non-hydrogen) atoms. The molecule has 2 N–H and O–H groups in total. The van der Waals surface area contributed by atoms with Gasteiger partial charge in [-0.1, -0.05) is 56.8 Å². The van der Waals surface area contributed by atoms with Gasteiger partial charge in [-0.05, 0) is 130 Å².